The number of ether oxygens (including phenoxy) is 1. The van der Waals surface area contributed by atoms with Gasteiger partial charge in [0.15, 0.2) is 0 Å². The molecule has 2 aromatic rings. The number of benzene rings is 1. The zero-order chi connectivity index (χ0) is 13.5. The van der Waals surface area contributed by atoms with Gasteiger partial charge < -0.3 is 10.1 Å². The zero-order valence-corrected chi connectivity index (χ0v) is 12.6. The first-order valence-electron chi connectivity index (χ1n) is 6.37. The van der Waals surface area contributed by atoms with Gasteiger partial charge in [-0.2, -0.15) is 0 Å². The molecular weight excluding hydrogens is 278 g/mol. The number of nitrogens with one attached hydrogen (secondary N) is 1. The van der Waals surface area contributed by atoms with Gasteiger partial charge in [0, 0.05) is 30.0 Å². The van der Waals surface area contributed by atoms with Gasteiger partial charge in [-0.3, -0.25) is 0 Å². The van der Waals surface area contributed by atoms with Gasteiger partial charge in [0.2, 0.25) is 0 Å². The molecule has 0 spiro atoms. The van der Waals surface area contributed by atoms with Crippen LogP contribution in [-0.2, 0) is 24.4 Å². The van der Waals surface area contributed by atoms with Crippen LogP contribution in [0.4, 0.5) is 0 Å². The van der Waals surface area contributed by atoms with Crippen LogP contribution in [0, 0.1) is 0 Å². The Labute approximate surface area is 123 Å². The zero-order valence-electron chi connectivity index (χ0n) is 11.0. The average Bonchev–Trinajstić information content (AvgIpc) is 2.83. The largest absolute Gasteiger partial charge is 0.377 e. The molecule has 19 heavy (non-hydrogen) atoms. The Morgan fingerprint density at radius 2 is 2.00 bits per heavy atom. The Morgan fingerprint density at radius 3 is 2.68 bits per heavy atom. The summed E-state index contributed by atoms with van der Waals surface area (Å²) in [7, 11) is 0. The molecular formula is C15H18ClNOS. The van der Waals surface area contributed by atoms with Gasteiger partial charge in [-0.1, -0.05) is 35.9 Å². The van der Waals surface area contributed by atoms with Crippen molar-refractivity contribution in [2.75, 3.05) is 6.61 Å². The molecule has 1 N–H and O–H groups in total. The number of rotatable bonds is 7. The summed E-state index contributed by atoms with van der Waals surface area (Å²) >= 11 is 7.59. The summed E-state index contributed by atoms with van der Waals surface area (Å²) in [6.07, 6.45) is 0. The summed E-state index contributed by atoms with van der Waals surface area (Å²) in [5.74, 6) is 0. The van der Waals surface area contributed by atoms with Crippen LogP contribution < -0.4 is 5.32 Å². The van der Waals surface area contributed by atoms with E-state index in [2.05, 4.69) is 29.6 Å². The van der Waals surface area contributed by atoms with Crippen molar-refractivity contribution in [2.45, 2.75) is 26.6 Å². The predicted molar refractivity (Wildman–Crippen MR) is 81.6 cm³/mol. The minimum absolute atomic E-state index is 0.680. The van der Waals surface area contributed by atoms with E-state index < -0.39 is 0 Å². The lowest BCUT2D eigenvalue weighted by Crippen LogP contribution is -2.13. The van der Waals surface area contributed by atoms with Crippen molar-refractivity contribution in [1.29, 1.82) is 0 Å². The Kier molecular flexibility index (Phi) is 5.86. The van der Waals surface area contributed by atoms with E-state index in [9.17, 15) is 0 Å². The second kappa shape index (κ2) is 7.65. The number of hydrogen-bond donors (Lipinski definition) is 1. The quantitative estimate of drug-likeness (QED) is 0.825. The lowest BCUT2D eigenvalue weighted by Gasteiger charge is -2.10. The molecule has 0 bridgehead atoms. The van der Waals surface area contributed by atoms with Crippen molar-refractivity contribution in [3.63, 3.8) is 0 Å². The molecule has 1 heterocycles. The first-order chi connectivity index (χ1) is 9.29. The molecule has 2 rings (SSSR count). The normalized spacial score (nSPS) is 10.8. The first-order valence-corrected chi connectivity index (χ1v) is 7.63. The van der Waals surface area contributed by atoms with Crippen molar-refractivity contribution in [1.82, 2.24) is 5.32 Å². The molecule has 0 amide bonds. The summed E-state index contributed by atoms with van der Waals surface area (Å²) in [5, 5.41) is 6.22. The lowest BCUT2D eigenvalue weighted by atomic mass is 10.1. The fourth-order valence-corrected chi connectivity index (χ4v) is 2.89. The third kappa shape index (κ3) is 4.62. The molecule has 102 valence electrons. The lowest BCUT2D eigenvalue weighted by molar-refractivity contribution is 0.133. The molecule has 0 aliphatic heterocycles. The van der Waals surface area contributed by atoms with Gasteiger partial charge in [0.1, 0.15) is 0 Å². The average molecular weight is 296 g/mol. The van der Waals surface area contributed by atoms with Crippen molar-refractivity contribution < 1.29 is 4.74 Å². The maximum absolute atomic E-state index is 5.90. The maximum atomic E-state index is 5.90. The SMILES string of the molecule is CCOCc1ccccc1CNCc1cc(Cl)cs1. The van der Waals surface area contributed by atoms with Crippen molar-refractivity contribution >= 4 is 22.9 Å². The number of thiophene rings is 1. The van der Waals surface area contributed by atoms with Crippen LogP contribution in [0.1, 0.15) is 22.9 Å². The van der Waals surface area contributed by atoms with Gasteiger partial charge >= 0.3 is 0 Å². The maximum Gasteiger partial charge on any atom is 0.0719 e. The topological polar surface area (TPSA) is 21.3 Å². The van der Waals surface area contributed by atoms with Crippen molar-refractivity contribution in [2.24, 2.45) is 0 Å². The molecule has 0 aliphatic rings. The van der Waals surface area contributed by atoms with E-state index in [1.807, 2.05) is 18.4 Å². The van der Waals surface area contributed by atoms with E-state index in [-0.39, 0.29) is 0 Å². The fourth-order valence-electron chi connectivity index (χ4n) is 1.85. The number of hydrogen-bond acceptors (Lipinski definition) is 3. The van der Waals surface area contributed by atoms with Crippen LogP contribution in [0.15, 0.2) is 35.7 Å². The third-order valence-electron chi connectivity index (χ3n) is 2.82. The molecule has 1 aromatic heterocycles. The minimum atomic E-state index is 0.680. The summed E-state index contributed by atoms with van der Waals surface area (Å²) in [6, 6.07) is 10.4. The summed E-state index contributed by atoms with van der Waals surface area (Å²) in [5.41, 5.74) is 2.54. The van der Waals surface area contributed by atoms with E-state index in [0.717, 1.165) is 24.7 Å². The monoisotopic (exact) mass is 295 g/mol. The van der Waals surface area contributed by atoms with E-state index in [1.165, 1.54) is 16.0 Å². The highest BCUT2D eigenvalue weighted by Crippen LogP contribution is 2.19. The molecule has 0 aliphatic carbocycles. The van der Waals surface area contributed by atoms with Crippen molar-refractivity contribution in [3.05, 3.63) is 56.7 Å². The van der Waals surface area contributed by atoms with Crippen molar-refractivity contribution in [3.8, 4) is 0 Å². The van der Waals surface area contributed by atoms with Crippen LogP contribution in [0.5, 0.6) is 0 Å². The Balaban J connectivity index is 1.88. The Hall–Kier alpha value is -0.870. The summed E-state index contributed by atoms with van der Waals surface area (Å²) in [4.78, 5) is 1.26. The Morgan fingerprint density at radius 1 is 1.21 bits per heavy atom. The van der Waals surface area contributed by atoms with E-state index >= 15 is 0 Å². The van der Waals surface area contributed by atoms with Gasteiger partial charge in [0.25, 0.3) is 0 Å². The van der Waals surface area contributed by atoms with Gasteiger partial charge in [-0.05, 0) is 24.1 Å². The molecule has 2 nitrogen and oxygen atoms in total. The molecule has 0 saturated heterocycles. The molecule has 0 radical (unpaired) electrons. The van der Waals surface area contributed by atoms with Gasteiger partial charge in [-0.25, -0.2) is 0 Å². The smallest absolute Gasteiger partial charge is 0.0719 e. The van der Waals surface area contributed by atoms with Crippen LogP contribution >= 0.6 is 22.9 Å². The van der Waals surface area contributed by atoms with Crippen LogP contribution in [0.3, 0.4) is 0 Å². The predicted octanol–water partition coefficient (Wildman–Crippen LogP) is 4.23. The van der Waals surface area contributed by atoms with Crippen LogP contribution in [-0.4, -0.2) is 6.61 Å². The van der Waals surface area contributed by atoms with E-state index in [4.69, 9.17) is 16.3 Å². The molecule has 0 unspecified atom stereocenters. The van der Waals surface area contributed by atoms with Crippen LogP contribution in [0.2, 0.25) is 5.02 Å². The van der Waals surface area contributed by atoms with Crippen LogP contribution in [0.25, 0.3) is 0 Å². The molecule has 0 atom stereocenters. The highest BCUT2D eigenvalue weighted by Gasteiger charge is 2.02. The molecule has 0 saturated carbocycles. The molecule has 4 heteroatoms. The number of halogens is 1. The fraction of sp³-hybridized carbons (Fsp3) is 0.333. The molecule has 0 fully saturated rings. The molecule has 1 aromatic carbocycles. The van der Waals surface area contributed by atoms with E-state index in [1.54, 1.807) is 11.3 Å². The second-order valence-corrected chi connectivity index (χ2v) is 5.67. The standard InChI is InChI=1S/C15H18ClNOS/c1-2-18-10-13-6-4-3-5-12(13)8-17-9-15-7-14(16)11-19-15/h3-7,11,17H,2,8-10H2,1H3. The Bertz CT molecular complexity index is 512. The second-order valence-electron chi connectivity index (χ2n) is 4.24. The highest BCUT2D eigenvalue weighted by atomic mass is 35.5. The summed E-state index contributed by atoms with van der Waals surface area (Å²) in [6.45, 7) is 5.13. The minimum Gasteiger partial charge on any atom is -0.377 e. The third-order valence-corrected chi connectivity index (χ3v) is 4.10. The highest BCUT2D eigenvalue weighted by molar-refractivity contribution is 7.10. The van der Waals surface area contributed by atoms with Gasteiger partial charge in [0.05, 0.1) is 11.6 Å². The first kappa shape index (κ1) is 14.5. The van der Waals surface area contributed by atoms with Gasteiger partial charge in [-0.15, -0.1) is 11.3 Å². The van der Waals surface area contributed by atoms with E-state index in [0.29, 0.717) is 6.61 Å². The summed E-state index contributed by atoms with van der Waals surface area (Å²) < 4.78 is 5.48.